The largest absolute Gasteiger partial charge is 0.478 e. The fourth-order valence-electron chi connectivity index (χ4n) is 1.84. The highest BCUT2D eigenvalue weighted by Gasteiger charge is 2.07. The van der Waals surface area contributed by atoms with Crippen molar-refractivity contribution in [3.63, 3.8) is 0 Å². The first kappa shape index (κ1) is 8.91. The normalized spacial score (nSPS) is 11.0. The highest BCUT2D eigenvalue weighted by Crippen LogP contribution is 2.23. The van der Waals surface area contributed by atoms with Crippen molar-refractivity contribution in [2.24, 2.45) is 0 Å². The summed E-state index contributed by atoms with van der Waals surface area (Å²) in [6.07, 6.45) is 3.59. The number of hydrogen-bond donors (Lipinski definition) is 2. The molecule has 3 rings (SSSR count). The number of fused-ring (bicyclic) bond motifs is 3. The Morgan fingerprint density at radius 1 is 1.31 bits per heavy atom. The number of nitrogens with one attached hydrogen (secondary N) is 1. The first-order valence-electron chi connectivity index (χ1n) is 4.85. The number of benzene rings is 1. The molecule has 0 bridgehead atoms. The van der Waals surface area contributed by atoms with Crippen molar-refractivity contribution in [3.05, 3.63) is 42.2 Å². The average Bonchev–Trinajstić information content (AvgIpc) is 2.76. The van der Waals surface area contributed by atoms with E-state index in [1.54, 1.807) is 24.4 Å². The van der Waals surface area contributed by atoms with Crippen LogP contribution in [0, 0.1) is 0 Å². The third kappa shape index (κ3) is 1.16. The summed E-state index contributed by atoms with van der Waals surface area (Å²) in [5.74, 6) is -0.926. The third-order valence-corrected chi connectivity index (χ3v) is 2.63. The van der Waals surface area contributed by atoms with Gasteiger partial charge in [-0.3, -0.25) is 4.98 Å². The Labute approximate surface area is 90.5 Å². The molecule has 4 nitrogen and oxygen atoms in total. The molecule has 0 aliphatic heterocycles. The number of carboxylic acids is 1. The number of H-pyrrole nitrogens is 1. The summed E-state index contributed by atoms with van der Waals surface area (Å²) in [4.78, 5) is 18.3. The number of carboxylic acid groups (broad SMARTS) is 1. The zero-order chi connectivity index (χ0) is 11.1. The van der Waals surface area contributed by atoms with Crippen LogP contribution in [0.15, 0.2) is 36.7 Å². The molecule has 0 radical (unpaired) electrons. The second-order valence-electron chi connectivity index (χ2n) is 3.60. The molecular formula is C12H8N2O2. The number of nitrogens with zero attached hydrogens (tertiary/aromatic N) is 1. The van der Waals surface area contributed by atoms with Gasteiger partial charge in [-0.2, -0.15) is 0 Å². The van der Waals surface area contributed by atoms with Crippen molar-refractivity contribution < 1.29 is 9.90 Å². The molecule has 4 heteroatoms. The van der Waals surface area contributed by atoms with Gasteiger partial charge in [-0.15, -0.1) is 0 Å². The van der Waals surface area contributed by atoms with Crippen molar-refractivity contribution in [2.75, 3.05) is 0 Å². The van der Waals surface area contributed by atoms with Crippen molar-refractivity contribution in [1.29, 1.82) is 0 Å². The van der Waals surface area contributed by atoms with E-state index >= 15 is 0 Å². The van der Waals surface area contributed by atoms with Crippen molar-refractivity contribution in [1.82, 2.24) is 9.97 Å². The van der Waals surface area contributed by atoms with Gasteiger partial charge >= 0.3 is 5.97 Å². The van der Waals surface area contributed by atoms with Crippen LogP contribution in [0.3, 0.4) is 0 Å². The molecule has 2 N–H and O–H groups in total. The maximum Gasteiger partial charge on any atom is 0.335 e. The van der Waals surface area contributed by atoms with Gasteiger partial charge < -0.3 is 10.1 Å². The van der Waals surface area contributed by atoms with E-state index in [1.165, 1.54) is 0 Å². The molecular weight excluding hydrogens is 204 g/mol. The van der Waals surface area contributed by atoms with Crippen LogP contribution < -0.4 is 0 Å². The van der Waals surface area contributed by atoms with Gasteiger partial charge in [0.1, 0.15) is 0 Å². The van der Waals surface area contributed by atoms with Gasteiger partial charge in [-0.1, -0.05) is 0 Å². The van der Waals surface area contributed by atoms with E-state index in [2.05, 4.69) is 9.97 Å². The van der Waals surface area contributed by atoms with E-state index in [9.17, 15) is 4.79 Å². The summed E-state index contributed by atoms with van der Waals surface area (Å²) in [6, 6.07) is 6.84. The molecule has 2 heterocycles. The van der Waals surface area contributed by atoms with Gasteiger partial charge in [0, 0.05) is 23.2 Å². The number of rotatable bonds is 1. The summed E-state index contributed by atoms with van der Waals surface area (Å²) in [7, 11) is 0. The third-order valence-electron chi connectivity index (χ3n) is 2.63. The molecule has 3 aromatic rings. The van der Waals surface area contributed by atoms with E-state index in [-0.39, 0.29) is 5.56 Å². The van der Waals surface area contributed by atoms with Crippen LogP contribution in [0.2, 0.25) is 0 Å². The molecule has 0 unspecified atom stereocenters. The van der Waals surface area contributed by atoms with Gasteiger partial charge in [0.15, 0.2) is 0 Å². The molecule has 0 atom stereocenters. The Kier molecular flexibility index (Phi) is 1.71. The smallest absolute Gasteiger partial charge is 0.335 e. The quantitative estimate of drug-likeness (QED) is 0.651. The Hall–Kier alpha value is -2.36. The summed E-state index contributed by atoms with van der Waals surface area (Å²) >= 11 is 0. The maximum absolute atomic E-state index is 10.9. The lowest BCUT2D eigenvalue weighted by Gasteiger charge is -2.00. The van der Waals surface area contributed by atoms with Crippen molar-refractivity contribution in [2.45, 2.75) is 0 Å². The topological polar surface area (TPSA) is 66.0 Å². The predicted molar refractivity (Wildman–Crippen MR) is 60.6 cm³/mol. The summed E-state index contributed by atoms with van der Waals surface area (Å²) in [5.41, 5.74) is 1.99. The van der Waals surface area contributed by atoms with Gasteiger partial charge in [0.05, 0.1) is 16.6 Å². The van der Waals surface area contributed by atoms with E-state index in [1.807, 2.05) is 12.3 Å². The van der Waals surface area contributed by atoms with Crippen LogP contribution in [0.4, 0.5) is 0 Å². The summed E-state index contributed by atoms with van der Waals surface area (Å²) in [6.45, 7) is 0. The minimum absolute atomic E-state index is 0.274. The van der Waals surface area contributed by atoms with E-state index in [0.717, 1.165) is 21.8 Å². The van der Waals surface area contributed by atoms with Crippen LogP contribution in [-0.2, 0) is 0 Å². The lowest BCUT2D eigenvalue weighted by molar-refractivity contribution is 0.0697. The molecule has 0 aliphatic rings. The Morgan fingerprint density at radius 2 is 2.19 bits per heavy atom. The zero-order valence-corrected chi connectivity index (χ0v) is 8.27. The standard InChI is InChI=1S/C12H8N2O2/c15-12(16)7-1-2-10-9(5-7)11-8(6-14-10)3-4-13-11/h1-6,13H,(H,15,16). The van der Waals surface area contributed by atoms with Gasteiger partial charge in [0.25, 0.3) is 0 Å². The fourth-order valence-corrected chi connectivity index (χ4v) is 1.84. The summed E-state index contributed by atoms with van der Waals surface area (Å²) < 4.78 is 0. The van der Waals surface area contributed by atoms with Crippen molar-refractivity contribution >= 4 is 27.8 Å². The highest BCUT2D eigenvalue weighted by atomic mass is 16.4. The van der Waals surface area contributed by atoms with E-state index < -0.39 is 5.97 Å². The molecule has 78 valence electrons. The Bertz CT molecular complexity index is 700. The number of aromatic nitrogens is 2. The molecule has 0 spiro atoms. The van der Waals surface area contributed by atoms with Gasteiger partial charge in [-0.25, -0.2) is 4.79 Å². The Balaban J connectivity index is 2.46. The molecule has 2 aromatic heterocycles. The first-order chi connectivity index (χ1) is 7.75. The second-order valence-corrected chi connectivity index (χ2v) is 3.60. The molecule has 1 aromatic carbocycles. The SMILES string of the molecule is O=C(O)c1ccc2ncc3cc[nH]c3c2c1. The van der Waals surface area contributed by atoms with Crippen LogP contribution in [0.25, 0.3) is 21.8 Å². The monoisotopic (exact) mass is 212 g/mol. The molecule has 0 saturated carbocycles. The van der Waals surface area contributed by atoms with Crippen LogP contribution in [-0.4, -0.2) is 21.0 Å². The fraction of sp³-hybridized carbons (Fsp3) is 0. The van der Waals surface area contributed by atoms with E-state index in [0.29, 0.717) is 0 Å². The van der Waals surface area contributed by atoms with Crippen molar-refractivity contribution in [3.8, 4) is 0 Å². The number of carbonyl (C=O) groups is 1. The number of aromatic carboxylic acids is 1. The molecule has 0 aliphatic carbocycles. The minimum atomic E-state index is -0.926. The molecule has 0 saturated heterocycles. The van der Waals surface area contributed by atoms with Crippen LogP contribution >= 0.6 is 0 Å². The van der Waals surface area contributed by atoms with Crippen LogP contribution in [0.5, 0.6) is 0 Å². The lowest BCUT2D eigenvalue weighted by Crippen LogP contribution is -1.95. The minimum Gasteiger partial charge on any atom is -0.478 e. The average molecular weight is 212 g/mol. The first-order valence-corrected chi connectivity index (χ1v) is 4.85. The van der Waals surface area contributed by atoms with Crippen LogP contribution in [0.1, 0.15) is 10.4 Å². The number of hydrogen-bond acceptors (Lipinski definition) is 2. The molecule has 16 heavy (non-hydrogen) atoms. The number of pyridine rings is 1. The highest BCUT2D eigenvalue weighted by molar-refractivity contribution is 6.05. The predicted octanol–water partition coefficient (Wildman–Crippen LogP) is 2.41. The molecule has 0 fully saturated rings. The van der Waals surface area contributed by atoms with Gasteiger partial charge in [0.2, 0.25) is 0 Å². The van der Waals surface area contributed by atoms with E-state index in [4.69, 9.17) is 5.11 Å². The van der Waals surface area contributed by atoms with Gasteiger partial charge in [-0.05, 0) is 24.3 Å². The number of aromatic amines is 1. The zero-order valence-electron chi connectivity index (χ0n) is 8.27. The lowest BCUT2D eigenvalue weighted by atomic mass is 10.1. The Morgan fingerprint density at radius 3 is 3.00 bits per heavy atom. The molecule has 0 amide bonds. The summed E-state index contributed by atoms with van der Waals surface area (Å²) in [5, 5.41) is 10.8. The maximum atomic E-state index is 10.9. The second kappa shape index (κ2) is 3.06.